The van der Waals surface area contributed by atoms with Crippen LogP contribution in [0.2, 0.25) is 0 Å². The van der Waals surface area contributed by atoms with E-state index in [1.165, 1.54) is 7.11 Å². The van der Waals surface area contributed by atoms with E-state index in [0.717, 1.165) is 14.0 Å². The van der Waals surface area contributed by atoms with E-state index in [1.807, 2.05) is 0 Å². The molecule has 4 heteroatoms. The van der Waals surface area contributed by atoms with Crippen LogP contribution < -0.4 is 9.47 Å². The Labute approximate surface area is 159 Å². The lowest BCUT2D eigenvalue weighted by Gasteiger charge is -2.46. The molecule has 2 aliphatic rings. The van der Waals surface area contributed by atoms with E-state index in [2.05, 4.69) is 0 Å². The second kappa shape index (κ2) is 6.70. The Balaban J connectivity index is 2.38. The Morgan fingerprint density at radius 2 is 2.26 bits per heavy atom. The van der Waals surface area contributed by atoms with Crippen LogP contribution in [0.4, 0.5) is 0 Å². The minimum absolute atomic E-state index is 0.293. The molecule has 1 fully saturated rings. The zero-order valence-electron chi connectivity index (χ0n) is 27.2. The van der Waals surface area contributed by atoms with Gasteiger partial charge in [0.2, 0.25) is 0 Å². The van der Waals surface area contributed by atoms with E-state index in [0.29, 0.717) is 4.90 Å². The zero-order valence-corrected chi connectivity index (χ0v) is 13.2. The molecule has 1 aromatic rings. The third kappa shape index (κ3) is 3.20. The normalized spacial score (nSPS) is 46.7. The first kappa shape index (κ1) is 6.57. The van der Waals surface area contributed by atoms with Gasteiger partial charge < -0.3 is 14.6 Å². The molecule has 0 amide bonds. The lowest BCUT2D eigenvalue weighted by atomic mass is 9.79. The molecule has 0 bridgehead atoms. The number of nitrogens with zero attached hydrogens (tertiary/aromatic N) is 1. The monoisotopic (exact) mass is 333 g/mol. The van der Waals surface area contributed by atoms with Crippen molar-refractivity contribution in [3.8, 4) is 11.5 Å². The predicted molar refractivity (Wildman–Crippen MR) is 91.1 cm³/mol. The Morgan fingerprint density at radius 1 is 1.52 bits per heavy atom. The van der Waals surface area contributed by atoms with E-state index >= 15 is 0 Å². The van der Waals surface area contributed by atoms with Crippen molar-refractivity contribution in [3.63, 3.8) is 0 Å². The summed E-state index contributed by atoms with van der Waals surface area (Å²) in [5.41, 5.74) is -0.937. The molecule has 4 unspecified atom stereocenters. The maximum atomic E-state index is 11.1. The first-order chi connectivity index (χ1) is 16.5. The summed E-state index contributed by atoms with van der Waals surface area (Å²) in [5.74, 6) is -5.89. The van der Waals surface area contributed by atoms with E-state index in [1.54, 1.807) is 0 Å². The number of aliphatic hydroxyl groups is 1. The smallest absolute Gasteiger partial charge is 0.161 e. The molecule has 2 heterocycles. The number of benzene rings is 1. The number of methoxy groups -OCH3 is 2. The lowest BCUT2D eigenvalue weighted by molar-refractivity contribution is -0.0191. The lowest BCUT2D eigenvalue weighted by Crippen LogP contribution is -2.48. The molecular formula is C19H29NO3. The molecule has 0 radical (unpaired) electrons. The number of ether oxygens (including phenoxy) is 2. The third-order valence-electron chi connectivity index (χ3n) is 3.82. The van der Waals surface area contributed by atoms with Gasteiger partial charge in [0.15, 0.2) is 11.5 Å². The SMILES string of the molecule is [2H]c1c(OC)c(OC)c([2H])c2c1C1CC(O)C(C([2H])([2H])C([2H])(C)C([2H])([2H])[2H])C([2H])([2H])N1C([2H])([2H])C2([2H])[2H]. The van der Waals surface area contributed by atoms with Crippen molar-refractivity contribution in [3.05, 3.63) is 23.2 Å². The van der Waals surface area contributed by atoms with Gasteiger partial charge in [0.1, 0.15) is 0 Å². The fourth-order valence-corrected chi connectivity index (χ4v) is 2.75. The van der Waals surface area contributed by atoms with Crippen LogP contribution in [-0.4, -0.2) is 43.3 Å². The fourth-order valence-electron chi connectivity index (χ4n) is 2.75. The highest BCUT2D eigenvalue weighted by molar-refractivity contribution is 5.49. The number of rotatable bonds is 4. The van der Waals surface area contributed by atoms with Crippen LogP contribution in [0.3, 0.4) is 0 Å². The zero-order chi connectivity index (χ0) is 28.9. The first-order valence-corrected chi connectivity index (χ1v) is 7.20. The number of hydrogen-bond acceptors (Lipinski definition) is 4. The van der Waals surface area contributed by atoms with Crippen molar-refractivity contribution in [1.82, 2.24) is 4.90 Å². The summed E-state index contributed by atoms with van der Waals surface area (Å²) >= 11 is 0. The van der Waals surface area contributed by atoms with Gasteiger partial charge in [0.25, 0.3) is 0 Å². The molecule has 128 valence electrons. The van der Waals surface area contributed by atoms with Crippen molar-refractivity contribution in [2.45, 2.75) is 45.1 Å². The van der Waals surface area contributed by atoms with Gasteiger partial charge in [-0.05, 0) is 54.2 Å². The van der Waals surface area contributed by atoms with E-state index < -0.39 is 80.6 Å². The molecule has 0 spiro atoms. The van der Waals surface area contributed by atoms with Crippen LogP contribution in [-0.2, 0) is 6.37 Å². The third-order valence-corrected chi connectivity index (χ3v) is 3.82. The number of fused-ring (bicyclic) bond motifs is 3. The highest BCUT2D eigenvalue weighted by Crippen LogP contribution is 2.43. The molecule has 4 nitrogen and oxygen atoms in total. The van der Waals surface area contributed by atoms with Crippen molar-refractivity contribution in [1.29, 1.82) is 0 Å². The maximum absolute atomic E-state index is 11.1. The highest BCUT2D eigenvalue weighted by atomic mass is 16.5. The van der Waals surface area contributed by atoms with E-state index in [4.69, 9.17) is 28.7 Å². The second-order valence-corrected chi connectivity index (χ2v) is 5.41. The van der Waals surface area contributed by atoms with Gasteiger partial charge in [0, 0.05) is 35.5 Å². The molecule has 0 aliphatic carbocycles. The second-order valence-electron chi connectivity index (χ2n) is 5.41. The Hall–Kier alpha value is -1.26. The van der Waals surface area contributed by atoms with Crippen molar-refractivity contribution < 1.29 is 33.8 Å². The van der Waals surface area contributed by atoms with Gasteiger partial charge in [0.05, 0.1) is 23.1 Å². The summed E-state index contributed by atoms with van der Waals surface area (Å²) in [6.07, 6.45) is -9.05. The number of aliphatic hydroxyl groups excluding tert-OH is 1. The summed E-state index contributed by atoms with van der Waals surface area (Å²) < 4.78 is 128. The minimum atomic E-state index is -3.29. The largest absolute Gasteiger partial charge is 0.493 e. The average Bonchev–Trinajstić information content (AvgIpc) is 2.70. The molecule has 4 atom stereocenters. The van der Waals surface area contributed by atoms with Crippen LogP contribution in [0, 0.1) is 11.8 Å². The maximum Gasteiger partial charge on any atom is 0.161 e. The minimum Gasteiger partial charge on any atom is -0.493 e. The number of piperidine rings is 1. The molecule has 2 aliphatic heterocycles. The Morgan fingerprint density at radius 3 is 2.96 bits per heavy atom. The van der Waals surface area contributed by atoms with Gasteiger partial charge >= 0.3 is 0 Å². The molecule has 1 saturated heterocycles. The van der Waals surface area contributed by atoms with Crippen LogP contribution >= 0.6 is 0 Å². The van der Waals surface area contributed by atoms with Crippen LogP contribution in [0.25, 0.3) is 0 Å². The van der Waals surface area contributed by atoms with Crippen molar-refractivity contribution in [2.24, 2.45) is 11.8 Å². The van der Waals surface area contributed by atoms with Crippen molar-refractivity contribution in [2.75, 3.05) is 27.2 Å². The van der Waals surface area contributed by atoms with Crippen LogP contribution in [0.5, 0.6) is 11.5 Å². The van der Waals surface area contributed by atoms with Crippen molar-refractivity contribution >= 4 is 0 Å². The average molecular weight is 334 g/mol. The summed E-state index contributed by atoms with van der Waals surface area (Å²) in [5, 5.41) is 11.1. The van der Waals surface area contributed by atoms with Gasteiger partial charge in [-0.25, -0.2) is 0 Å². The molecule has 3 rings (SSSR count). The van der Waals surface area contributed by atoms with E-state index in [-0.39, 0.29) is 17.1 Å². The molecule has 0 aromatic heterocycles. The summed E-state index contributed by atoms with van der Waals surface area (Å²) in [6.45, 7) is -9.08. The molecule has 1 aromatic carbocycles. The van der Waals surface area contributed by atoms with Crippen LogP contribution in [0.15, 0.2) is 12.1 Å². The fraction of sp³-hybridized carbons (Fsp3) is 0.684. The topological polar surface area (TPSA) is 41.9 Å². The predicted octanol–water partition coefficient (Wildman–Crippen LogP) is 3.03. The van der Waals surface area contributed by atoms with E-state index in [9.17, 15) is 5.11 Å². The Bertz CT molecular complexity index is 1090. The molecule has 0 saturated carbocycles. The van der Waals surface area contributed by atoms with Gasteiger partial charge in [-0.3, -0.25) is 4.90 Å². The Kier molecular flexibility index (Phi) is 1.91. The van der Waals surface area contributed by atoms with Gasteiger partial charge in [-0.1, -0.05) is 13.8 Å². The van der Waals surface area contributed by atoms with Gasteiger partial charge in [-0.2, -0.15) is 0 Å². The highest BCUT2D eigenvalue weighted by Gasteiger charge is 2.38. The van der Waals surface area contributed by atoms with Crippen LogP contribution in [0.1, 0.15) is 62.9 Å². The summed E-state index contributed by atoms with van der Waals surface area (Å²) in [4.78, 5) is 0.358. The summed E-state index contributed by atoms with van der Waals surface area (Å²) in [7, 11) is 2.32. The standard InChI is InChI=1S/C19H29NO3/c1-12(2)7-14-11-20-6-5-13-8-18(22-3)19(23-4)9-15(13)16(20)10-17(14)21/h8-9,12,14,16-17,21H,5-7,10-11H2,1-4H3/i1D3,5D2,6D2,7D2,8D,9D,11D2,12D. The van der Waals surface area contributed by atoms with Gasteiger partial charge in [-0.15, -0.1) is 0 Å². The number of hydrogen-bond donors (Lipinski definition) is 1. The molecular weight excluding hydrogens is 290 g/mol. The summed E-state index contributed by atoms with van der Waals surface area (Å²) in [6, 6.07) is -2.74. The first-order valence-electron chi connectivity index (χ1n) is 14.2. The molecule has 23 heavy (non-hydrogen) atoms. The molecule has 1 N–H and O–H groups in total. The quantitative estimate of drug-likeness (QED) is 0.920.